The molecule has 0 fully saturated rings. The van der Waals surface area contributed by atoms with Crippen molar-refractivity contribution < 1.29 is 0 Å². The van der Waals surface area contributed by atoms with E-state index < -0.39 is 0 Å². The maximum Gasteiger partial charge on any atom is 0.191 e. The van der Waals surface area contributed by atoms with Gasteiger partial charge in [-0.3, -0.25) is 9.67 Å². The lowest BCUT2D eigenvalue weighted by molar-refractivity contribution is 0.570. The van der Waals surface area contributed by atoms with Gasteiger partial charge in [0.1, 0.15) is 0 Å². The number of guanidine groups is 1. The Bertz CT molecular complexity index is 723. The van der Waals surface area contributed by atoms with E-state index in [9.17, 15) is 0 Å². The van der Waals surface area contributed by atoms with Crippen LogP contribution in [0.5, 0.6) is 0 Å². The molecule has 120 valence electrons. The Balaban J connectivity index is 1.44. The number of hydrogen-bond donors (Lipinski definition) is 3. The van der Waals surface area contributed by atoms with Crippen molar-refractivity contribution in [2.24, 2.45) is 4.99 Å². The zero-order valence-corrected chi connectivity index (χ0v) is 13.3. The average Bonchev–Trinajstić information content (AvgIpc) is 3.23. The Labute approximate surface area is 135 Å². The zero-order valence-electron chi connectivity index (χ0n) is 13.3. The number of aryl methyl sites for hydroxylation is 1. The highest BCUT2D eigenvalue weighted by Crippen LogP contribution is 2.14. The predicted octanol–water partition coefficient (Wildman–Crippen LogP) is 2.12. The number of aromatic nitrogens is 3. The summed E-state index contributed by atoms with van der Waals surface area (Å²) in [5.41, 5.74) is 2.30. The minimum absolute atomic E-state index is 0.716. The first-order valence-corrected chi connectivity index (χ1v) is 7.84. The van der Waals surface area contributed by atoms with E-state index in [2.05, 4.69) is 43.9 Å². The molecule has 3 aromatic rings. The Morgan fingerprint density at radius 2 is 2.17 bits per heavy atom. The van der Waals surface area contributed by atoms with Crippen molar-refractivity contribution in [2.45, 2.75) is 19.5 Å². The quantitative estimate of drug-likeness (QED) is 0.371. The fraction of sp³-hybridized carbons (Fsp3) is 0.294. The first kappa shape index (κ1) is 15.1. The third-order valence-electron chi connectivity index (χ3n) is 3.67. The molecule has 0 spiro atoms. The van der Waals surface area contributed by atoms with Crippen molar-refractivity contribution in [2.75, 3.05) is 13.6 Å². The van der Waals surface area contributed by atoms with E-state index in [4.69, 9.17) is 0 Å². The summed E-state index contributed by atoms with van der Waals surface area (Å²) >= 11 is 0. The number of nitrogens with one attached hydrogen (secondary N) is 3. The van der Waals surface area contributed by atoms with E-state index >= 15 is 0 Å². The van der Waals surface area contributed by atoms with Gasteiger partial charge in [0.25, 0.3) is 0 Å². The molecule has 0 atom stereocenters. The topological polar surface area (TPSA) is 70.0 Å². The number of hydrogen-bond acceptors (Lipinski definition) is 2. The van der Waals surface area contributed by atoms with Gasteiger partial charge in [-0.15, -0.1) is 0 Å². The Hall–Kier alpha value is -2.76. The zero-order chi connectivity index (χ0) is 15.9. The number of aliphatic imine (C=N–C) groups is 1. The van der Waals surface area contributed by atoms with E-state index in [1.807, 2.05) is 29.1 Å². The first-order chi connectivity index (χ1) is 11.3. The van der Waals surface area contributed by atoms with Gasteiger partial charge in [0.15, 0.2) is 5.96 Å². The number of fused-ring (bicyclic) bond motifs is 1. The van der Waals surface area contributed by atoms with Crippen molar-refractivity contribution >= 4 is 16.9 Å². The standard InChI is InChI=1S/C17H22N6/c1-18-17(19-8-4-10-23-11-5-9-21-23)20-13-15-12-14-6-2-3-7-16(14)22-15/h2-3,5-7,9,11-12,22H,4,8,10,13H2,1H3,(H2,18,19,20). The van der Waals surface area contributed by atoms with Gasteiger partial charge in [-0.25, -0.2) is 0 Å². The SMILES string of the molecule is CN=C(NCCCn1cccn1)NCc1cc2ccccc2[nH]1. The molecule has 0 saturated carbocycles. The highest BCUT2D eigenvalue weighted by atomic mass is 15.3. The van der Waals surface area contributed by atoms with E-state index in [0.29, 0.717) is 6.54 Å². The lowest BCUT2D eigenvalue weighted by Gasteiger charge is -2.11. The van der Waals surface area contributed by atoms with Crippen LogP contribution in [-0.2, 0) is 13.1 Å². The maximum atomic E-state index is 4.25. The van der Waals surface area contributed by atoms with Gasteiger partial charge >= 0.3 is 0 Å². The normalized spacial score (nSPS) is 11.8. The molecule has 0 aliphatic carbocycles. The number of rotatable bonds is 6. The van der Waals surface area contributed by atoms with Crippen molar-refractivity contribution in [3.63, 3.8) is 0 Å². The van der Waals surface area contributed by atoms with Crippen molar-refractivity contribution in [1.29, 1.82) is 0 Å². The van der Waals surface area contributed by atoms with Gasteiger partial charge in [0.05, 0.1) is 6.54 Å². The monoisotopic (exact) mass is 310 g/mol. The predicted molar refractivity (Wildman–Crippen MR) is 93.3 cm³/mol. The van der Waals surface area contributed by atoms with Gasteiger partial charge in [0, 0.05) is 43.7 Å². The van der Waals surface area contributed by atoms with Crippen LogP contribution in [0.15, 0.2) is 53.8 Å². The molecule has 2 aromatic heterocycles. The number of benzene rings is 1. The molecule has 0 amide bonds. The van der Waals surface area contributed by atoms with Crippen LogP contribution in [0.25, 0.3) is 10.9 Å². The molecular formula is C17H22N6. The summed E-state index contributed by atoms with van der Waals surface area (Å²) in [5.74, 6) is 0.809. The molecular weight excluding hydrogens is 288 g/mol. The first-order valence-electron chi connectivity index (χ1n) is 7.84. The lowest BCUT2D eigenvalue weighted by Crippen LogP contribution is -2.37. The van der Waals surface area contributed by atoms with Crippen molar-refractivity contribution in [1.82, 2.24) is 25.4 Å². The average molecular weight is 310 g/mol. The van der Waals surface area contributed by atoms with Gasteiger partial charge in [-0.1, -0.05) is 18.2 Å². The van der Waals surface area contributed by atoms with Crippen LogP contribution in [0.2, 0.25) is 0 Å². The summed E-state index contributed by atoms with van der Waals surface area (Å²) < 4.78 is 1.93. The second kappa shape index (κ2) is 7.49. The van der Waals surface area contributed by atoms with Crippen LogP contribution in [0.4, 0.5) is 0 Å². The maximum absolute atomic E-state index is 4.25. The molecule has 3 N–H and O–H groups in total. The molecule has 3 rings (SSSR count). The lowest BCUT2D eigenvalue weighted by atomic mass is 10.2. The highest BCUT2D eigenvalue weighted by molar-refractivity contribution is 5.81. The third-order valence-corrected chi connectivity index (χ3v) is 3.67. The van der Waals surface area contributed by atoms with E-state index in [1.54, 1.807) is 13.2 Å². The number of aromatic amines is 1. The molecule has 0 unspecified atom stereocenters. The molecule has 2 heterocycles. The summed E-state index contributed by atoms with van der Waals surface area (Å²) in [6.45, 7) is 2.47. The second-order valence-electron chi connectivity index (χ2n) is 5.36. The summed E-state index contributed by atoms with van der Waals surface area (Å²) in [7, 11) is 1.79. The number of H-pyrrole nitrogens is 1. The van der Waals surface area contributed by atoms with E-state index in [-0.39, 0.29) is 0 Å². The van der Waals surface area contributed by atoms with E-state index in [0.717, 1.165) is 36.7 Å². The Morgan fingerprint density at radius 1 is 1.26 bits per heavy atom. The smallest absolute Gasteiger partial charge is 0.191 e. The minimum Gasteiger partial charge on any atom is -0.357 e. The summed E-state index contributed by atoms with van der Waals surface area (Å²) in [6, 6.07) is 12.4. The summed E-state index contributed by atoms with van der Waals surface area (Å²) in [4.78, 5) is 7.65. The van der Waals surface area contributed by atoms with Gasteiger partial charge < -0.3 is 15.6 Å². The number of nitrogens with zero attached hydrogens (tertiary/aromatic N) is 3. The van der Waals surface area contributed by atoms with Gasteiger partial charge in [-0.05, 0) is 30.0 Å². The third kappa shape index (κ3) is 4.12. The molecule has 23 heavy (non-hydrogen) atoms. The molecule has 0 bridgehead atoms. The molecule has 1 aromatic carbocycles. The largest absolute Gasteiger partial charge is 0.357 e. The summed E-state index contributed by atoms with van der Waals surface area (Å²) in [5, 5.41) is 12.1. The molecule has 0 aliphatic rings. The fourth-order valence-electron chi connectivity index (χ4n) is 2.51. The number of para-hydroxylation sites is 1. The van der Waals surface area contributed by atoms with Crippen LogP contribution in [-0.4, -0.2) is 34.3 Å². The molecule has 0 aliphatic heterocycles. The van der Waals surface area contributed by atoms with Crippen LogP contribution in [0.1, 0.15) is 12.1 Å². The van der Waals surface area contributed by atoms with Gasteiger partial charge in [-0.2, -0.15) is 5.10 Å². The van der Waals surface area contributed by atoms with Gasteiger partial charge in [0.2, 0.25) is 0 Å². The van der Waals surface area contributed by atoms with Crippen LogP contribution < -0.4 is 10.6 Å². The second-order valence-corrected chi connectivity index (χ2v) is 5.36. The molecule has 0 saturated heterocycles. The van der Waals surface area contributed by atoms with Crippen LogP contribution >= 0.6 is 0 Å². The molecule has 6 nitrogen and oxygen atoms in total. The van der Waals surface area contributed by atoms with E-state index in [1.165, 1.54) is 5.39 Å². The van der Waals surface area contributed by atoms with Crippen molar-refractivity contribution in [3.8, 4) is 0 Å². The fourth-order valence-corrected chi connectivity index (χ4v) is 2.51. The summed E-state index contributed by atoms with van der Waals surface area (Å²) in [6.07, 6.45) is 4.77. The van der Waals surface area contributed by atoms with Crippen molar-refractivity contribution in [3.05, 3.63) is 54.5 Å². The Morgan fingerprint density at radius 3 is 2.96 bits per heavy atom. The molecule has 0 radical (unpaired) electrons. The minimum atomic E-state index is 0.716. The highest BCUT2D eigenvalue weighted by Gasteiger charge is 2.02. The molecule has 6 heteroatoms. The van der Waals surface area contributed by atoms with Crippen LogP contribution in [0, 0.1) is 0 Å². The van der Waals surface area contributed by atoms with Crippen LogP contribution in [0.3, 0.4) is 0 Å². The Kier molecular flexibility index (Phi) is 4.93.